The van der Waals surface area contributed by atoms with E-state index in [1.54, 1.807) is 24.3 Å². The van der Waals surface area contributed by atoms with E-state index in [1.807, 2.05) is 6.92 Å². The van der Waals surface area contributed by atoms with Gasteiger partial charge in [0.15, 0.2) is 6.61 Å². The summed E-state index contributed by atoms with van der Waals surface area (Å²) in [4.78, 5) is 22.3. The number of carbonyl (C=O) groups excluding carboxylic acids is 2. The van der Waals surface area contributed by atoms with Gasteiger partial charge in [-0.15, -0.1) is 0 Å². The Labute approximate surface area is 118 Å². The smallest absolute Gasteiger partial charge is 0.255 e. The number of hydrogen-bond donors (Lipinski definition) is 3. The normalized spacial score (nSPS) is 11.7. The van der Waals surface area contributed by atoms with Crippen LogP contribution in [-0.4, -0.2) is 24.5 Å². The topological polar surface area (TPSA) is 107 Å². The summed E-state index contributed by atoms with van der Waals surface area (Å²) in [5, 5.41) is 2.76. The molecule has 0 heterocycles. The second-order valence-corrected chi connectivity index (χ2v) is 4.58. The van der Waals surface area contributed by atoms with E-state index in [0.29, 0.717) is 17.9 Å². The van der Waals surface area contributed by atoms with Crippen molar-refractivity contribution in [3.63, 3.8) is 0 Å². The lowest BCUT2D eigenvalue weighted by molar-refractivity contribution is -0.120. The van der Waals surface area contributed by atoms with Crippen molar-refractivity contribution in [3.8, 4) is 5.75 Å². The lowest BCUT2D eigenvalue weighted by atomic mass is 10.1. The fourth-order valence-electron chi connectivity index (χ4n) is 1.71. The molecule has 2 amide bonds. The number of carbonyl (C=O) groups is 2. The molecule has 1 aromatic carbocycles. The van der Waals surface area contributed by atoms with E-state index in [9.17, 15) is 9.59 Å². The molecule has 6 nitrogen and oxygen atoms in total. The van der Waals surface area contributed by atoms with Crippen LogP contribution in [0.3, 0.4) is 0 Å². The molecule has 1 rings (SSSR count). The van der Waals surface area contributed by atoms with Crippen molar-refractivity contribution >= 4 is 17.5 Å². The van der Waals surface area contributed by atoms with Gasteiger partial charge in [0.2, 0.25) is 5.91 Å². The second-order valence-electron chi connectivity index (χ2n) is 4.58. The van der Waals surface area contributed by atoms with Crippen molar-refractivity contribution in [2.75, 3.05) is 11.9 Å². The highest BCUT2D eigenvalue weighted by molar-refractivity contribution is 5.91. The second kappa shape index (κ2) is 8.16. The Balaban J connectivity index is 2.44. The minimum Gasteiger partial charge on any atom is -0.484 e. The van der Waals surface area contributed by atoms with Crippen LogP contribution in [0.25, 0.3) is 0 Å². The van der Waals surface area contributed by atoms with Crippen molar-refractivity contribution in [2.45, 2.75) is 32.2 Å². The number of benzene rings is 1. The molecule has 0 saturated heterocycles. The molecule has 110 valence electrons. The Hall–Kier alpha value is -2.08. The summed E-state index contributed by atoms with van der Waals surface area (Å²) in [6.45, 7) is 1.86. The van der Waals surface area contributed by atoms with Crippen LogP contribution in [0.5, 0.6) is 5.75 Å². The van der Waals surface area contributed by atoms with Gasteiger partial charge in [-0.2, -0.15) is 0 Å². The van der Waals surface area contributed by atoms with E-state index in [0.717, 1.165) is 12.8 Å². The van der Waals surface area contributed by atoms with Crippen molar-refractivity contribution in [1.29, 1.82) is 0 Å². The zero-order valence-corrected chi connectivity index (χ0v) is 11.6. The number of primary amides is 1. The Morgan fingerprint density at radius 2 is 1.95 bits per heavy atom. The molecule has 0 aliphatic heterocycles. The van der Waals surface area contributed by atoms with E-state index in [4.69, 9.17) is 16.2 Å². The van der Waals surface area contributed by atoms with E-state index in [1.165, 1.54) is 0 Å². The molecule has 0 aromatic heterocycles. The van der Waals surface area contributed by atoms with Crippen LogP contribution in [0.1, 0.15) is 26.2 Å². The number of hydrogen-bond acceptors (Lipinski definition) is 4. The van der Waals surface area contributed by atoms with Crippen LogP contribution in [-0.2, 0) is 9.59 Å². The molecular formula is C14H21N3O3. The maximum absolute atomic E-state index is 11.7. The van der Waals surface area contributed by atoms with E-state index >= 15 is 0 Å². The van der Waals surface area contributed by atoms with Gasteiger partial charge >= 0.3 is 0 Å². The number of nitrogens with two attached hydrogens (primary N) is 2. The molecule has 0 radical (unpaired) electrons. The molecule has 0 spiro atoms. The molecule has 0 fully saturated rings. The van der Waals surface area contributed by atoms with Gasteiger partial charge in [0.25, 0.3) is 5.91 Å². The Bertz CT molecular complexity index is 445. The first-order chi connectivity index (χ1) is 9.51. The minimum atomic E-state index is -0.535. The van der Waals surface area contributed by atoms with Crippen LogP contribution in [0.15, 0.2) is 24.3 Å². The summed E-state index contributed by atoms with van der Waals surface area (Å²) >= 11 is 0. The maximum atomic E-state index is 11.7. The predicted molar refractivity (Wildman–Crippen MR) is 77.3 cm³/mol. The zero-order chi connectivity index (χ0) is 15.0. The Kier molecular flexibility index (Phi) is 6.52. The first-order valence-corrected chi connectivity index (χ1v) is 6.58. The molecule has 1 atom stereocenters. The predicted octanol–water partition coefficient (Wildman–Crippen LogP) is 1.01. The van der Waals surface area contributed by atoms with Crippen molar-refractivity contribution in [1.82, 2.24) is 0 Å². The lowest BCUT2D eigenvalue weighted by Gasteiger charge is -2.11. The van der Waals surface area contributed by atoms with Gasteiger partial charge in [-0.1, -0.05) is 13.3 Å². The van der Waals surface area contributed by atoms with Gasteiger partial charge < -0.3 is 21.5 Å². The number of anilines is 1. The lowest BCUT2D eigenvalue weighted by Crippen LogP contribution is -2.26. The summed E-state index contributed by atoms with van der Waals surface area (Å²) in [5.41, 5.74) is 11.4. The Morgan fingerprint density at radius 3 is 2.50 bits per heavy atom. The van der Waals surface area contributed by atoms with Gasteiger partial charge in [0, 0.05) is 18.2 Å². The number of amides is 2. The van der Waals surface area contributed by atoms with Gasteiger partial charge in [-0.3, -0.25) is 9.59 Å². The minimum absolute atomic E-state index is 0.113. The standard InChI is InChI=1S/C14H21N3O3/c1-2-3-10(15)8-14(19)17-11-4-6-12(7-5-11)20-9-13(16)18/h4-7,10H,2-3,8-9,15H2,1H3,(H2,16,18)(H,17,19). The van der Waals surface area contributed by atoms with Crippen molar-refractivity contribution in [2.24, 2.45) is 11.5 Å². The molecule has 20 heavy (non-hydrogen) atoms. The third-order valence-corrected chi connectivity index (χ3v) is 2.63. The van der Waals surface area contributed by atoms with Gasteiger partial charge in [-0.05, 0) is 30.7 Å². The first-order valence-electron chi connectivity index (χ1n) is 6.58. The fourth-order valence-corrected chi connectivity index (χ4v) is 1.71. The van der Waals surface area contributed by atoms with E-state index in [-0.39, 0.29) is 18.6 Å². The summed E-state index contributed by atoms with van der Waals surface area (Å²) in [7, 11) is 0. The zero-order valence-electron chi connectivity index (χ0n) is 11.6. The highest BCUT2D eigenvalue weighted by Gasteiger charge is 2.09. The van der Waals surface area contributed by atoms with Gasteiger partial charge in [0.05, 0.1) is 0 Å². The fraction of sp³-hybridized carbons (Fsp3) is 0.429. The van der Waals surface area contributed by atoms with Crippen LogP contribution < -0.4 is 21.5 Å². The largest absolute Gasteiger partial charge is 0.484 e. The van der Waals surface area contributed by atoms with E-state index < -0.39 is 5.91 Å². The highest BCUT2D eigenvalue weighted by atomic mass is 16.5. The number of rotatable bonds is 8. The summed E-state index contributed by atoms with van der Waals surface area (Å²) < 4.78 is 5.12. The molecule has 0 aliphatic carbocycles. The maximum Gasteiger partial charge on any atom is 0.255 e. The summed E-state index contributed by atoms with van der Waals surface area (Å²) in [5.74, 6) is -0.131. The molecular weight excluding hydrogens is 258 g/mol. The van der Waals surface area contributed by atoms with Gasteiger partial charge in [0.1, 0.15) is 5.75 Å². The van der Waals surface area contributed by atoms with Gasteiger partial charge in [-0.25, -0.2) is 0 Å². The van der Waals surface area contributed by atoms with Crippen LogP contribution in [0.4, 0.5) is 5.69 Å². The molecule has 0 saturated carbocycles. The third-order valence-electron chi connectivity index (χ3n) is 2.63. The molecule has 1 unspecified atom stereocenters. The average Bonchev–Trinajstić information content (AvgIpc) is 2.37. The Morgan fingerprint density at radius 1 is 1.30 bits per heavy atom. The van der Waals surface area contributed by atoms with Crippen molar-refractivity contribution in [3.05, 3.63) is 24.3 Å². The molecule has 6 heteroatoms. The SMILES string of the molecule is CCCC(N)CC(=O)Nc1ccc(OCC(N)=O)cc1. The quantitative estimate of drug-likeness (QED) is 0.660. The van der Waals surface area contributed by atoms with Crippen LogP contribution in [0.2, 0.25) is 0 Å². The molecule has 0 bridgehead atoms. The monoisotopic (exact) mass is 279 g/mol. The number of nitrogens with one attached hydrogen (secondary N) is 1. The van der Waals surface area contributed by atoms with Crippen molar-refractivity contribution < 1.29 is 14.3 Å². The number of ether oxygens (including phenoxy) is 1. The molecule has 5 N–H and O–H groups in total. The molecule has 1 aromatic rings. The molecule has 0 aliphatic rings. The van der Waals surface area contributed by atoms with Crippen LogP contribution >= 0.6 is 0 Å². The summed E-state index contributed by atoms with van der Waals surface area (Å²) in [6.07, 6.45) is 2.08. The first kappa shape index (κ1) is 16.0. The van der Waals surface area contributed by atoms with E-state index in [2.05, 4.69) is 5.32 Å². The van der Waals surface area contributed by atoms with Crippen LogP contribution in [0, 0.1) is 0 Å². The highest BCUT2D eigenvalue weighted by Crippen LogP contribution is 2.16. The third kappa shape index (κ3) is 6.19. The summed E-state index contributed by atoms with van der Waals surface area (Å²) in [6, 6.07) is 6.59. The average molecular weight is 279 g/mol.